The molecule has 0 amide bonds. The number of aromatic amines is 1. The summed E-state index contributed by atoms with van der Waals surface area (Å²) in [5.41, 5.74) is 2.42. The van der Waals surface area contributed by atoms with Crippen LogP contribution in [0.3, 0.4) is 0 Å². The number of nitrogens with one attached hydrogen (secondary N) is 1. The van der Waals surface area contributed by atoms with Crippen LogP contribution in [0.2, 0.25) is 0 Å². The molecule has 1 aromatic carbocycles. The van der Waals surface area contributed by atoms with Gasteiger partial charge in [0.1, 0.15) is 5.75 Å². The Balaban J connectivity index is 2.16. The molecule has 0 aliphatic heterocycles. The van der Waals surface area contributed by atoms with E-state index in [0.717, 1.165) is 24.3 Å². The molecule has 0 saturated carbocycles. The van der Waals surface area contributed by atoms with E-state index in [2.05, 4.69) is 24.9 Å². The lowest BCUT2D eigenvalue weighted by atomic mass is 10.1. The molecule has 92 valence electrons. The SMILES string of the molecule is COc1ccc2[nH]cc(CCOC(C)C)c2c1. The summed E-state index contributed by atoms with van der Waals surface area (Å²) in [6, 6.07) is 6.07. The van der Waals surface area contributed by atoms with Gasteiger partial charge < -0.3 is 14.5 Å². The first-order valence-electron chi connectivity index (χ1n) is 5.96. The summed E-state index contributed by atoms with van der Waals surface area (Å²) in [4.78, 5) is 3.27. The van der Waals surface area contributed by atoms with Crippen molar-refractivity contribution in [3.63, 3.8) is 0 Å². The zero-order valence-corrected chi connectivity index (χ0v) is 10.6. The number of fused-ring (bicyclic) bond motifs is 1. The topological polar surface area (TPSA) is 34.2 Å². The Bertz CT molecular complexity index is 488. The molecule has 17 heavy (non-hydrogen) atoms. The van der Waals surface area contributed by atoms with E-state index in [1.165, 1.54) is 10.9 Å². The maximum Gasteiger partial charge on any atom is 0.119 e. The van der Waals surface area contributed by atoms with Crippen molar-refractivity contribution in [2.24, 2.45) is 0 Å². The summed E-state index contributed by atoms with van der Waals surface area (Å²) in [5, 5.41) is 1.22. The number of aromatic nitrogens is 1. The highest BCUT2D eigenvalue weighted by Gasteiger charge is 2.05. The molecule has 3 heteroatoms. The van der Waals surface area contributed by atoms with Gasteiger partial charge in [0.05, 0.1) is 19.8 Å². The molecular formula is C14H19NO2. The molecule has 0 aliphatic rings. The molecule has 0 unspecified atom stereocenters. The van der Waals surface area contributed by atoms with Crippen LogP contribution < -0.4 is 4.74 Å². The van der Waals surface area contributed by atoms with Crippen molar-refractivity contribution >= 4 is 10.9 Å². The number of rotatable bonds is 5. The molecule has 1 aromatic heterocycles. The van der Waals surface area contributed by atoms with Gasteiger partial charge >= 0.3 is 0 Å². The molecule has 2 aromatic rings. The smallest absolute Gasteiger partial charge is 0.119 e. The fourth-order valence-electron chi connectivity index (χ4n) is 1.90. The van der Waals surface area contributed by atoms with Crippen LogP contribution in [-0.4, -0.2) is 24.8 Å². The molecule has 1 N–H and O–H groups in total. The average Bonchev–Trinajstić information content (AvgIpc) is 2.71. The van der Waals surface area contributed by atoms with Crippen LogP contribution in [0.15, 0.2) is 24.4 Å². The fraction of sp³-hybridized carbons (Fsp3) is 0.429. The van der Waals surface area contributed by atoms with Crippen LogP contribution in [0.4, 0.5) is 0 Å². The number of ether oxygens (including phenoxy) is 2. The van der Waals surface area contributed by atoms with Crippen molar-refractivity contribution in [1.82, 2.24) is 4.98 Å². The first-order chi connectivity index (χ1) is 8.20. The van der Waals surface area contributed by atoms with Gasteiger partial charge in [-0.2, -0.15) is 0 Å². The van der Waals surface area contributed by atoms with Crippen molar-refractivity contribution in [3.05, 3.63) is 30.0 Å². The number of H-pyrrole nitrogens is 1. The van der Waals surface area contributed by atoms with Crippen LogP contribution in [0.25, 0.3) is 10.9 Å². The standard InChI is InChI=1S/C14H19NO2/c1-10(2)17-7-6-11-9-15-14-5-4-12(16-3)8-13(11)14/h4-5,8-10,15H,6-7H2,1-3H3. The van der Waals surface area contributed by atoms with Gasteiger partial charge in [0, 0.05) is 17.1 Å². The van der Waals surface area contributed by atoms with Crippen LogP contribution in [0.5, 0.6) is 5.75 Å². The van der Waals surface area contributed by atoms with E-state index in [1.807, 2.05) is 18.3 Å². The van der Waals surface area contributed by atoms with Crippen LogP contribution >= 0.6 is 0 Å². The van der Waals surface area contributed by atoms with E-state index in [9.17, 15) is 0 Å². The summed E-state index contributed by atoms with van der Waals surface area (Å²) in [6.07, 6.45) is 3.26. The lowest BCUT2D eigenvalue weighted by Gasteiger charge is -2.06. The molecule has 0 saturated heterocycles. The third-order valence-corrected chi connectivity index (χ3v) is 2.80. The Kier molecular flexibility index (Phi) is 3.69. The Labute approximate surface area is 102 Å². The van der Waals surface area contributed by atoms with Crippen molar-refractivity contribution in [3.8, 4) is 5.75 Å². The Morgan fingerprint density at radius 3 is 2.82 bits per heavy atom. The van der Waals surface area contributed by atoms with E-state index >= 15 is 0 Å². The van der Waals surface area contributed by atoms with E-state index in [-0.39, 0.29) is 6.10 Å². The maximum atomic E-state index is 5.58. The van der Waals surface area contributed by atoms with Gasteiger partial charge in [0.25, 0.3) is 0 Å². The molecule has 0 spiro atoms. The van der Waals surface area contributed by atoms with Crippen molar-refractivity contribution in [2.45, 2.75) is 26.4 Å². The van der Waals surface area contributed by atoms with Crippen LogP contribution in [0.1, 0.15) is 19.4 Å². The first-order valence-corrected chi connectivity index (χ1v) is 5.96. The molecule has 0 aliphatic carbocycles. The van der Waals surface area contributed by atoms with Crippen molar-refractivity contribution in [2.75, 3.05) is 13.7 Å². The van der Waals surface area contributed by atoms with Crippen LogP contribution in [0, 0.1) is 0 Å². The fourth-order valence-corrected chi connectivity index (χ4v) is 1.90. The third-order valence-electron chi connectivity index (χ3n) is 2.80. The highest BCUT2D eigenvalue weighted by molar-refractivity contribution is 5.84. The Morgan fingerprint density at radius 1 is 1.29 bits per heavy atom. The second-order valence-corrected chi connectivity index (χ2v) is 4.39. The zero-order chi connectivity index (χ0) is 12.3. The van der Waals surface area contributed by atoms with E-state index in [0.29, 0.717) is 0 Å². The van der Waals surface area contributed by atoms with Gasteiger partial charge in [-0.1, -0.05) is 0 Å². The average molecular weight is 233 g/mol. The lowest BCUT2D eigenvalue weighted by molar-refractivity contribution is 0.0815. The normalized spacial score (nSPS) is 11.3. The monoisotopic (exact) mass is 233 g/mol. The molecule has 0 fully saturated rings. The van der Waals surface area contributed by atoms with E-state index < -0.39 is 0 Å². The van der Waals surface area contributed by atoms with E-state index in [4.69, 9.17) is 9.47 Å². The highest BCUT2D eigenvalue weighted by Crippen LogP contribution is 2.23. The summed E-state index contributed by atoms with van der Waals surface area (Å²) < 4.78 is 10.8. The predicted octanol–water partition coefficient (Wildman–Crippen LogP) is 3.14. The molecule has 3 nitrogen and oxygen atoms in total. The number of hydrogen-bond donors (Lipinski definition) is 1. The third kappa shape index (κ3) is 2.80. The summed E-state index contributed by atoms with van der Waals surface area (Å²) in [5.74, 6) is 0.892. The number of hydrogen-bond acceptors (Lipinski definition) is 2. The lowest BCUT2D eigenvalue weighted by Crippen LogP contribution is -2.05. The Morgan fingerprint density at radius 2 is 2.12 bits per heavy atom. The minimum absolute atomic E-state index is 0.287. The molecule has 0 atom stereocenters. The van der Waals surface area contributed by atoms with Gasteiger partial charge in [-0.05, 0) is 44.0 Å². The largest absolute Gasteiger partial charge is 0.497 e. The molecular weight excluding hydrogens is 214 g/mol. The predicted molar refractivity (Wildman–Crippen MR) is 69.6 cm³/mol. The van der Waals surface area contributed by atoms with Gasteiger partial charge in [0.15, 0.2) is 0 Å². The first kappa shape index (κ1) is 12.0. The van der Waals surface area contributed by atoms with Gasteiger partial charge in [-0.15, -0.1) is 0 Å². The second kappa shape index (κ2) is 5.23. The van der Waals surface area contributed by atoms with Crippen molar-refractivity contribution < 1.29 is 9.47 Å². The zero-order valence-electron chi connectivity index (χ0n) is 10.6. The van der Waals surface area contributed by atoms with Gasteiger partial charge in [-0.3, -0.25) is 0 Å². The highest BCUT2D eigenvalue weighted by atomic mass is 16.5. The number of benzene rings is 1. The van der Waals surface area contributed by atoms with Crippen LogP contribution in [-0.2, 0) is 11.2 Å². The maximum absolute atomic E-state index is 5.58. The molecule has 1 heterocycles. The molecule has 0 bridgehead atoms. The minimum Gasteiger partial charge on any atom is -0.497 e. The second-order valence-electron chi connectivity index (χ2n) is 4.39. The summed E-state index contributed by atoms with van der Waals surface area (Å²) >= 11 is 0. The van der Waals surface area contributed by atoms with Crippen molar-refractivity contribution in [1.29, 1.82) is 0 Å². The minimum atomic E-state index is 0.287. The summed E-state index contributed by atoms with van der Waals surface area (Å²) in [6.45, 7) is 4.86. The summed E-state index contributed by atoms with van der Waals surface area (Å²) in [7, 11) is 1.69. The quantitative estimate of drug-likeness (QED) is 0.860. The Hall–Kier alpha value is -1.48. The van der Waals surface area contributed by atoms with Gasteiger partial charge in [0.2, 0.25) is 0 Å². The van der Waals surface area contributed by atoms with E-state index in [1.54, 1.807) is 7.11 Å². The molecule has 0 radical (unpaired) electrons. The molecule has 2 rings (SSSR count). The number of methoxy groups -OCH3 is 1. The van der Waals surface area contributed by atoms with Gasteiger partial charge in [-0.25, -0.2) is 0 Å².